The molecule has 1 aromatic carbocycles. The van der Waals surface area contributed by atoms with Crippen molar-refractivity contribution in [2.24, 2.45) is 10.2 Å². The van der Waals surface area contributed by atoms with E-state index < -0.39 is 0 Å². The predicted octanol–water partition coefficient (Wildman–Crippen LogP) is 4.04. The second-order valence-electron chi connectivity index (χ2n) is 3.72. The van der Waals surface area contributed by atoms with Gasteiger partial charge in [0.1, 0.15) is 5.88 Å². The van der Waals surface area contributed by atoms with E-state index in [4.69, 9.17) is 11.6 Å². The lowest BCUT2D eigenvalue weighted by atomic mass is 10.2. The summed E-state index contributed by atoms with van der Waals surface area (Å²) in [6.07, 6.45) is 1.55. The first kappa shape index (κ1) is 13.6. The van der Waals surface area contributed by atoms with Crippen LogP contribution in [0.5, 0.6) is 0 Å². The molecule has 0 unspecified atom stereocenters. The molecule has 2 rings (SSSR count). The molecule has 1 amide bonds. The van der Waals surface area contributed by atoms with Gasteiger partial charge in [-0.2, -0.15) is 0 Å². The lowest BCUT2D eigenvalue weighted by Crippen LogP contribution is -2.11. The van der Waals surface area contributed by atoms with Crippen molar-refractivity contribution in [3.63, 3.8) is 0 Å². The number of carbonyl (C=O) groups is 1. The Balaban J connectivity index is 2.03. The Kier molecular flexibility index (Phi) is 4.59. The van der Waals surface area contributed by atoms with Crippen LogP contribution in [-0.2, 0) is 4.79 Å². The Hall–Kier alpha value is -1.79. The zero-order valence-corrected chi connectivity index (χ0v) is 11.7. The molecule has 7 heteroatoms. The van der Waals surface area contributed by atoms with Crippen LogP contribution in [0.1, 0.15) is 5.56 Å². The van der Waals surface area contributed by atoms with Gasteiger partial charge in [-0.05, 0) is 19.1 Å². The maximum Gasteiger partial charge on any atom is 0.241 e. The molecule has 0 aliphatic rings. The molecule has 0 atom stereocenters. The van der Waals surface area contributed by atoms with Crippen LogP contribution in [0, 0.1) is 6.92 Å². The summed E-state index contributed by atoms with van der Waals surface area (Å²) in [4.78, 5) is 15.1. The first-order valence-electron chi connectivity index (χ1n) is 5.47. The number of rotatable bonds is 4. The molecule has 0 aliphatic carbocycles. The van der Waals surface area contributed by atoms with Crippen LogP contribution in [0.4, 0.5) is 15.8 Å². The van der Waals surface area contributed by atoms with Gasteiger partial charge in [0.25, 0.3) is 0 Å². The van der Waals surface area contributed by atoms with Gasteiger partial charge in [0.15, 0.2) is 10.1 Å². The molecule has 98 valence electrons. The van der Waals surface area contributed by atoms with Crippen LogP contribution >= 0.6 is 22.9 Å². The van der Waals surface area contributed by atoms with Crippen LogP contribution in [0.25, 0.3) is 0 Å². The number of alkyl halides is 1. The zero-order chi connectivity index (χ0) is 13.7. The molecule has 0 bridgehead atoms. The summed E-state index contributed by atoms with van der Waals surface area (Å²) in [5.74, 6) is -0.391. The number of benzene rings is 1. The van der Waals surface area contributed by atoms with Gasteiger partial charge >= 0.3 is 0 Å². The van der Waals surface area contributed by atoms with E-state index in [1.807, 2.05) is 31.2 Å². The molecule has 0 saturated carbocycles. The lowest BCUT2D eigenvalue weighted by Gasteiger charge is -1.94. The van der Waals surface area contributed by atoms with Crippen molar-refractivity contribution in [2.45, 2.75) is 6.92 Å². The van der Waals surface area contributed by atoms with Gasteiger partial charge in [-0.3, -0.25) is 4.79 Å². The lowest BCUT2D eigenvalue weighted by molar-refractivity contribution is -0.113. The fraction of sp³-hybridized carbons (Fsp3) is 0.167. The molecule has 0 saturated heterocycles. The van der Waals surface area contributed by atoms with Gasteiger partial charge in [-0.1, -0.05) is 29.0 Å². The van der Waals surface area contributed by atoms with E-state index in [-0.39, 0.29) is 11.8 Å². The first-order valence-corrected chi connectivity index (χ1v) is 6.82. The highest BCUT2D eigenvalue weighted by Crippen LogP contribution is 2.27. The molecule has 5 nitrogen and oxygen atoms in total. The number of azo groups is 1. The Morgan fingerprint density at radius 2 is 2.11 bits per heavy atom. The summed E-state index contributed by atoms with van der Waals surface area (Å²) in [5, 5.41) is 11.8. The van der Waals surface area contributed by atoms with E-state index in [0.29, 0.717) is 10.1 Å². The van der Waals surface area contributed by atoms with Crippen molar-refractivity contribution in [1.82, 2.24) is 4.98 Å². The molecule has 1 N–H and O–H groups in total. The van der Waals surface area contributed by atoms with E-state index in [9.17, 15) is 4.79 Å². The molecular formula is C12H11ClN4OS. The number of aryl methyl sites for hydroxylation is 1. The average molecular weight is 295 g/mol. The SMILES string of the molecule is Cc1ccc(N=Nc2cnc(NC(=O)CCl)s2)cc1. The maximum absolute atomic E-state index is 11.1. The van der Waals surface area contributed by atoms with Crippen LogP contribution in [0.15, 0.2) is 40.7 Å². The molecule has 0 radical (unpaired) electrons. The van der Waals surface area contributed by atoms with E-state index in [0.717, 1.165) is 5.69 Å². The van der Waals surface area contributed by atoms with Crippen LogP contribution < -0.4 is 5.32 Å². The minimum atomic E-state index is -0.293. The topological polar surface area (TPSA) is 66.7 Å². The minimum Gasteiger partial charge on any atom is -0.301 e. The number of hydrogen-bond acceptors (Lipinski definition) is 5. The number of thiazole rings is 1. The van der Waals surface area contributed by atoms with Crippen molar-refractivity contribution >= 4 is 44.7 Å². The summed E-state index contributed by atoms with van der Waals surface area (Å²) < 4.78 is 0. The van der Waals surface area contributed by atoms with Gasteiger partial charge < -0.3 is 5.32 Å². The Morgan fingerprint density at radius 1 is 1.37 bits per heavy atom. The third-order valence-electron chi connectivity index (χ3n) is 2.16. The summed E-state index contributed by atoms with van der Waals surface area (Å²) in [5.41, 5.74) is 1.94. The van der Waals surface area contributed by atoms with E-state index >= 15 is 0 Å². The number of halogens is 1. The highest BCUT2D eigenvalue weighted by molar-refractivity contribution is 7.19. The van der Waals surface area contributed by atoms with Crippen molar-refractivity contribution < 1.29 is 4.79 Å². The minimum absolute atomic E-state index is 0.0974. The Labute approximate surface area is 119 Å². The number of aromatic nitrogens is 1. The molecule has 0 fully saturated rings. The van der Waals surface area contributed by atoms with E-state index in [1.54, 1.807) is 6.20 Å². The third kappa shape index (κ3) is 4.11. The highest BCUT2D eigenvalue weighted by atomic mass is 35.5. The molecule has 19 heavy (non-hydrogen) atoms. The monoisotopic (exact) mass is 294 g/mol. The molecule has 0 aliphatic heterocycles. The smallest absolute Gasteiger partial charge is 0.241 e. The van der Waals surface area contributed by atoms with Crippen LogP contribution in [0.3, 0.4) is 0 Å². The Bertz CT molecular complexity index is 594. The standard InChI is InChI=1S/C12H11ClN4OS/c1-8-2-4-9(5-3-8)16-17-11-7-14-12(19-11)15-10(18)6-13/h2-5,7H,6H2,1H3,(H,14,15,18). The summed E-state index contributed by atoms with van der Waals surface area (Å²) >= 11 is 6.62. The quantitative estimate of drug-likeness (QED) is 0.683. The molecular weight excluding hydrogens is 284 g/mol. The van der Waals surface area contributed by atoms with Crippen LogP contribution in [-0.4, -0.2) is 16.8 Å². The van der Waals surface area contributed by atoms with E-state index in [1.165, 1.54) is 16.9 Å². The van der Waals surface area contributed by atoms with Gasteiger partial charge in [-0.25, -0.2) is 4.98 Å². The molecule has 1 aromatic heterocycles. The zero-order valence-electron chi connectivity index (χ0n) is 10.1. The number of nitrogens with zero attached hydrogens (tertiary/aromatic N) is 3. The molecule has 2 aromatic rings. The largest absolute Gasteiger partial charge is 0.301 e. The average Bonchev–Trinajstić information content (AvgIpc) is 2.85. The Morgan fingerprint density at radius 3 is 2.79 bits per heavy atom. The summed E-state index contributed by atoms with van der Waals surface area (Å²) in [6, 6.07) is 7.70. The summed E-state index contributed by atoms with van der Waals surface area (Å²) in [7, 11) is 0. The van der Waals surface area contributed by atoms with Crippen LogP contribution in [0.2, 0.25) is 0 Å². The fourth-order valence-corrected chi connectivity index (χ4v) is 1.96. The van der Waals surface area contributed by atoms with Gasteiger partial charge in [0.2, 0.25) is 5.91 Å². The highest BCUT2D eigenvalue weighted by Gasteiger charge is 2.04. The second-order valence-corrected chi connectivity index (χ2v) is 5.00. The third-order valence-corrected chi connectivity index (χ3v) is 3.20. The number of anilines is 1. The number of nitrogens with one attached hydrogen (secondary N) is 1. The normalized spacial score (nSPS) is 10.8. The van der Waals surface area contributed by atoms with E-state index in [2.05, 4.69) is 20.5 Å². The van der Waals surface area contributed by atoms with Crippen molar-refractivity contribution in [2.75, 3.05) is 11.2 Å². The van der Waals surface area contributed by atoms with Gasteiger partial charge in [0, 0.05) is 0 Å². The number of hydrogen-bond donors (Lipinski definition) is 1. The number of amides is 1. The maximum atomic E-state index is 11.1. The second kappa shape index (κ2) is 6.40. The molecule has 1 heterocycles. The van der Waals surface area contributed by atoms with Crippen molar-refractivity contribution in [1.29, 1.82) is 0 Å². The first-order chi connectivity index (χ1) is 9.17. The predicted molar refractivity (Wildman–Crippen MR) is 76.8 cm³/mol. The number of carbonyl (C=O) groups excluding carboxylic acids is 1. The van der Waals surface area contributed by atoms with Crippen molar-refractivity contribution in [3.05, 3.63) is 36.0 Å². The summed E-state index contributed by atoms with van der Waals surface area (Å²) in [6.45, 7) is 2.01. The van der Waals surface area contributed by atoms with Gasteiger partial charge in [0.05, 0.1) is 11.9 Å². The molecule has 0 spiro atoms. The fourth-order valence-electron chi connectivity index (χ4n) is 1.24. The van der Waals surface area contributed by atoms with Crippen molar-refractivity contribution in [3.8, 4) is 0 Å². The van der Waals surface area contributed by atoms with Gasteiger partial charge in [-0.15, -0.1) is 21.8 Å².